The maximum Gasteiger partial charge on any atom is 0.294 e. The van der Waals surface area contributed by atoms with Gasteiger partial charge < -0.3 is 59.0 Å². The van der Waals surface area contributed by atoms with Crippen LogP contribution in [-0.2, 0) is 63.8 Å². The SMILES string of the molecule is CCCc1nc(C)c2c(=O)[nH]c(-c3cc(S(=O)(=O)N4CCC(CC(CO)O[N+](=O)[O-])CC4)ccc3OCC)nn12.CCCc1nc(C)c2c(=O)[nH]c(-c3cc(S(=O)(=O)N4CCC(CC(CO[N+](=O)[O-])CO[N+](=O)[O-])CC4)ccc3OCC)nn12.CCCc1nc(C)c2c(=O)[nH]c(-c3cc(S(=O)(=O)N4CCC(CC(O)CO)CC4)ccc3OCC)nn12. The van der Waals surface area contributed by atoms with Crippen molar-refractivity contribution in [2.24, 2.45) is 23.7 Å². The van der Waals surface area contributed by atoms with Crippen LogP contribution in [0, 0.1) is 74.8 Å². The van der Waals surface area contributed by atoms with E-state index >= 15 is 0 Å². The largest absolute Gasteiger partial charge is 0.493 e. The third-order valence-corrected chi connectivity index (χ3v) is 26.8. The third-order valence-electron chi connectivity index (χ3n) is 21.2. The van der Waals surface area contributed by atoms with Crippen LogP contribution >= 0.6 is 0 Å². The fourth-order valence-electron chi connectivity index (χ4n) is 15.3. The highest BCUT2D eigenvalue weighted by atomic mass is 32.2. The topological polar surface area (TPSA) is 547 Å². The molecule has 0 bridgehead atoms. The average molecular weight is 1750 g/mol. The number of piperidine rings is 3. The van der Waals surface area contributed by atoms with Crippen molar-refractivity contribution in [3.8, 4) is 51.4 Å². The summed E-state index contributed by atoms with van der Waals surface area (Å²) in [5.41, 5.74) is 2.54. The molecule has 3 aliphatic rings. The number of benzene rings is 3. The summed E-state index contributed by atoms with van der Waals surface area (Å²) < 4.78 is 108. The molecule has 0 amide bonds. The predicted octanol–water partition coefficient (Wildman–Crippen LogP) is 6.56. The van der Waals surface area contributed by atoms with Crippen LogP contribution < -0.4 is 30.9 Å². The Kier molecular flexibility index (Phi) is 31.6. The van der Waals surface area contributed by atoms with Gasteiger partial charge in [0.1, 0.15) is 54.0 Å². The van der Waals surface area contributed by atoms with Crippen LogP contribution in [-0.4, -0.2) is 225 Å². The molecule has 660 valence electrons. The van der Waals surface area contributed by atoms with Crippen molar-refractivity contribution in [3.05, 3.63) is 151 Å². The molecule has 6 aromatic heterocycles. The number of aromatic nitrogens is 12. The fraction of sp³-hybridized carbons (Fsp3) is 0.566. The van der Waals surface area contributed by atoms with Gasteiger partial charge in [-0.2, -0.15) is 12.9 Å². The highest BCUT2D eigenvalue weighted by Gasteiger charge is 2.37. The zero-order valence-electron chi connectivity index (χ0n) is 68.8. The average Bonchev–Trinajstić information content (AvgIpc) is 1.76. The Morgan fingerprint density at radius 2 is 0.769 bits per heavy atom. The Labute approximate surface area is 696 Å². The molecule has 121 heavy (non-hydrogen) atoms. The first-order valence-electron chi connectivity index (χ1n) is 40.2. The van der Waals surface area contributed by atoms with Gasteiger partial charge in [-0.05, 0) is 191 Å². The lowest BCUT2D eigenvalue weighted by atomic mass is 9.88. The molecule has 2 unspecified atom stereocenters. The quantitative estimate of drug-likeness (QED) is 0.0177. The van der Waals surface area contributed by atoms with E-state index in [9.17, 15) is 80.2 Å². The highest BCUT2D eigenvalue weighted by Crippen LogP contribution is 2.38. The molecule has 2 atom stereocenters. The molecular formula is C76H104N18O24S3. The summed E-state index contributed by atoms with van der Waals surface area (Å²) in [5, 5.41) is 71.0. The third kappa shape index (κ3) is 22.2. The number of nitrogens with zero attached hydrogens (tertiary/aromatic N) is 15. The number of hydrogen-bond acceptors (Lipinski definition) is 30. The number of H-pyrrole nitrogens is 3. The first kappa shape index (κ1) is 92.6. The van der Waals surface area contributed by atoms with Crippen molar-refractivity contribution in [2.75, 3.05) is 85.5 Å². The monoisotopic (exact) mass is 1750 g/mol. The molecule has 3 fully saturated rings. The van der Waals surface area contributed by atoms with E-state index in [0.717, 1.165) is 19.3 Å². The van der Waals surface area contributed by atoms with E-state index in [0.29, 0.717) is 189 Å². The van der Waals surface area contributed by atoms with Crippen molar-refractivity contribution in [2.45, 2.75) is 186 Å². The summed E-state index contributed by atoms with van der Waals surface area (Å²) in [6.45, 7) is 17.5. The Hall–Kier alpha value is -10.7. The van der Waals surface area contributed by atoms with Gasteiger partial charge in [0, 0.05) is 64.4 Å². The molecule has 6 N–H and O–H groups in total. The lowest BCUT2D eigenvalue weighted by Crippen LogP contribution is -2.39. The second-order valence-corrected chi connectivity index (χ2v) is 35.5. The van der Waals surface area contributed by atoms with Crippen LogP contribution in [0.5, 0.6) is 17.2 Å². The van der Waals surface area contributed by atoms with E-state index < -0.39 is 81.2 Å². The Morgan fingerprint density at radius 3 is 1.04 bits per heavy atom. The molecule has 0 saturated carbocycles. The van der Waals surface area contributed by atoms with Gasteiger partial charge in [-0.15, -0.1) is 45.6 Å². The standard InChI is InChI=1S/C26H35N7O10S.C25H34N6O8S.C25H35N5O6S/c1-4-6-23-27-17(3)24-26(34)28-25(29-31(23)24)21-14-20(7-8-22(21)41-5-2)44(39,40)30-11-9-18(10-12-30)13-19(15-42-32(35)36)16-43-33(37)38;1-4-6-22-26-16(3)23-25(33)27-24(28-30(22)23)20-14-19(7-8-21(20)38-5-2)40(36,37)29-11-9-17(10-12-29)13-18(15-32)39-31(34)35;1-4-6-22-26-16(3)23-25(33)27-24(28-30(22)23)20-14-19(7-8-21(20)36-5-2)37(34,35)29-11-9-17(10-12-29)13-18(32)15-31/h7-8,14,18-19H,4-6,9-13,15-16H2,1-3H3,(H,28,29,34);7-8,14,17-18,32H,4-6,9-13,15H2,1-3H3,(H,27,28,33);7-8,14,17-18,31-32H,4-6,9-13,15H2,1-3H3,(H,27,28,33). The summed E-state index contributed by atoms with van der Waals surface area (Å²) in [6.07, 6.45) is 6.59. The number of nitrogens with one attached hydrogen (secondary N) is 3. The van der Waals surface area contributed by atoms with Gasteiger partial charge in [-0.1, -0.05) is 20.8 Å². The smallest absolute Gasteiger partial charge is 0.294 e. The summed E-state index contributed by atoms with van der Waals surface area (Å²) in [5.74, 6) is 3.01. The molecule has 42 nitrogen and oxygen atoms in total. The number of aliphatic hydroxyl groups is 3. The van der Waals surface area contributed by atoms with Gasteiger partial charge in [-0.25, -0.2) is 53.8 Å². The molecular weight excluding hydrogens is 1650 g/mol. The fourth-order valence-corrected chi connectivity index (χ4v) is 19.8. The van der Waals surface area contributed by atoms with Gasteiger partial charge >= 0.3 is 0 Å². The molecule has 0 aliphatic carbocycles. The molecule has 3 aliphatic heterocycles. The van der Waals surface area contributed by atoms with Crippen molar-refractivity contribution >= 4 is 46.6 Å². The van der Waals surface area contributed by atoms with Gasteiger partial charge in [0.25, 0.3) is 31.9 Å². The molecule has 45 heteroatoms. The number of rotatable bonds is 37. The second kappa shape index (κ2) is 41.3. The maximum atomic E-state index is 13.7. The molecule has 0 spiro atoms. The predicted molar refractivity (Wildman–Crippen MR) is 437 cm³/mol. The molecule has 12 rings (SSSR count). The number of imidazole rings is 3. The van der Waals surface area contributed by atoms with E-state index in [4.69, 9.17) is 19.3 Å². The summed E-state index contributed by atoms with van der Waals surface area (Å²) in [7, 11) is -11.7. The van der Waals surface area contributed by atoms with Gasteiger partial charge in [-0.3, -0.25) is 14.4 Å². The number of ether oxygens (including phenoxy) is 3. The zero-order valence-corrected chi connectivity index (χ0v) is 71.3. The maximum absolute atomic E-state index is 13.7. The van der Waals surface area contributed by atoms with E-state index in [1.807, 2.05) is 27.7 Å². The van der Waals surface area contributed by atoms with E-state index in [1.165, 1.54) is 68.9 Å². The van der Waals surface area contributed by atoms with Gasteiger partial charge in [0.15, 0.2) is 34.0 Å². The summed E-state index contributed by atoms with van der Waals surface area (Å²) in [4.78, 5) is 106. The first-order valence-corrected chi connectivity index (χ1v) is 44.6. The first-order chi connectivity index (χ1) is 57.7. The van der Waals surface area contributed by atoms with E-state index in [2.05, 4.69) is 59.7 Å². The minimum atomic E-state index is -3.97. The van der Waals surface area contributed by atoms with Crippen molar-refractivity contribution in [3.63, 3.8) is 0 Å². The zero-order chi connectivity index (χ0) is 87.8. The molecule has 3 aromatic carbocycles. The number of sulfonamides is 3. The van der Waals surface area contributed by atoms with Crippen molar-refractivity contribution in [1.82, 2.24) is 71.7 Å². The Bertz CT molecular complexity index is 5680. The van der Waals surface area contributed by atoms with Crippen LogP contribution in [0.1, 0.15) is 153 Å². The molecule has 9 aromatic rings. The number of aliphatic hydroxyl groups excluding tert-OH is 3. The van der Waals surface area contributed by atoms with Crippen LogP contribution in [0.25, 0.3) is 50.7 Å². The van der Waals surface area contributed by atoms with Crippen molar-refractivity contribution < 1.29 is 84.6 Å². The number of hydrogen-bond donors (Lipinski definition) is 6. The van der Waals surface area contributed by atoms with Crippen LogP contribution in [0.4, 0.5) is 0 Å². The second-order valence-electron chi connectivity index (χ2n) is 29.7. The molecule has 0 radical (unpaired) electrons. The van der Waals surface area contributed by atoms with Gasteiger partial charge in [0.2, 0.25) is 30.1 Å². The molecule has 9 heterocycles. The lowest BCUT2D eigenvalue weighted by Gasteiger charge is -2.32. The minimum absolute atomic E-state index is 0.00983. The highest BCUT2D eigenvalue weighted by molar-refractivity contribution is 7.89. The Balaban J connectivity index is 0.000000191. The van der Waals surface area contributed by atoms with Crippen molar-refractivity contribution in [1.29, 1.82) is 0 Å². The number of aryl methyl sites for hydroxylation is 6. The lowest BCUT2D eigenvalue weighted by molar-refractivity contribution is -0.769. The van der Waals surface area contributed by atoms with Crippen LogP contribution in [0.15, 0.2) is 83.7 Å². The number of aromatic amines is 3. The minimum Gasteiger partial charge on any atom is -0.493 e. The normalized spacial score (nSPS) is 15.5. The van der Waals surface area contributed by atoms with Crippen LogP contribution in [0.2, 0.25) is 0 Å². The Morgan fingerprint density at radius 1 is 0.463 bits per heavy atom. The van der Waals surface area contributed by atoms with E-state index in [1.54, 1.807) is 46.8 Å². The summed E-state index contributed by atoms with van der Waals surface area (Å²) in [6, 6.07) is 13.5. The van der Waals surface area contributed by atoms with E-state index in [-0.39, 0.29) is 108 Å². The van der Waals surface area contributed by atoms with Gasteiger partial charge in [0.05, 0.1) is 87.6 Å². The molecule has 3 saturated heterocycles. The van der Waals surface area contributed by atoms with Crippen LogP contribution in [0.3, 0.4) is 0 Å². The summed E-state index contributed by atoms with van der Waals surface area (Å²) >= 11 is 0. The number of fused-ring (bicyclic) bond motifs is 3.